The number of benzene rings is 1. The monoisotopic (exact) mass is 452 g/mol. The molecule has 9 heteroatoms. The van der Waals surface area contributed by atoms with Crippen LogP contribution in [0.4, 0.5) is 14.9 Å². The van der Waals surface area contributed by atoms with Gasteiger partial charge in [-0.1, -0.05) is 27.7 Å². The molecular formula is C22H33FN4O3S. The molecule has 0 saturated heterocycles. The maximum absolute atomic E-state index is 14.1. The highest BCUT2D eigenvalue weighted by Crippen LogP contribution is 2.33. The van der Waals surface area contributed by atoms with Crippen molar-refractivity contribution in [1.29, 1.82) is 0 Å². The third-order valence-corrected chi connectivity index (χ3v) is 6.26. The zero-order valence-corrected chi connectivity index (χ0v) is 20.1. The molecule has 172 valence electrons. The summed E-state index contributed by atoms with van der Waals surface area (Å²) in [6, 6.07) is 3.43. The Labute approximate surface area is 184 Å². The summed E-state index contributed by atoms with van der Waals surface area (Å²) in [4.78, 5) is 14.6. The Balaban J connectivity index is 2.33. The molecule has 0 fully saturated rings. The molecule has 31 heavy (non-hydrogen) atoms. The average molecular weight is 453 g/mol. The lowest BCUT2D eigenvalue weighted by Gasteiger charge is -2.20. The summed E-state index contributed by atoms with van der Waals surface area (Å²) in [6.07, 6.45) is 1.52. The van der Waals surface area contributed by atoms with E-state index in [1.54, 1.807) is 6.07 Å². The van der Waals surface area contributed by atoms with Crippen LogP contribution in [0.5, 0.6) is 0 Å². The zero-order valence-electron chi connectivity index (χ0n) is 19.3. The van der Waals surface area contributed by atoms with Crippen molar-refractivity contribution < 1.29 is 17.6 Å². The standard InChI is InChI=1S/C22H33FN4O3S/c1-8-27-13-18(11-17(27)12-26(6)7)31(29,30)25-22(28)24-21-19(14(2)3)9-16(23)10-20(21)15(4)5/h9-11,13-15H,8,12H2,1-7H3,(H2,24,25,28). The number of aromatic nitrogens is 1. The Morgan fingerprint density at radius 1 is 1.10 bits per heavy atom. The Kier molecular flexibility index (Phi) is 7.88. The number of amides is 2. The number of nitrogens with zero attached hydrogens (tertiary/aromatic N) is 2. The van der Waals surface area contributed by atoms with E-state index in [1.165, 1.54) is 18.3 Å². The maximum atomic E-state index is 14.1. The van der Waals surface area contributed by atoms with Crippen molar-refractivity contribution >= 4 is 21.7 Å². The predicted octanol–water partition coefficient (Wildman–Crippen LogP) is 4.47. The van der Waals surface area contributed by atoms with Gasteiger partial charge in [-0.2, -0.15) is 0 Å². The summed E-state index contributed by atoms with van der Waals surface area (Å²) in [5.74, 6) is -0.514. The molecule has 1 aromatic carbocycles. The summed E-state index contributed by atoms with van der Waals surface area (Å²) >= 11 is 0. The van der Waals surface area contributed by atoms with E-state index in [9.17, 15) is 17.6 Å². The number of carbonyl (C=O) groups is 1. The van der Waals surface area contributed by atoms with Crippen LogP contribution in [0.15, 0.2) is 29.3 Å². The van der Waals surface area contributed by atoms with Crippen LogP contribution >= 0.6 is 0 Å². The molecule has 1 heterocycles. The van der Waals surface area contributed by atoms with Crippen molar-refractivity contribution in [3.63, 3.8) is 0 Å². The second-order valence-electron chi connectivity index (χ2n) is 8.52. The lowest BCUT2D eigenvalue weighted by Crippen LogP contribution is -2.35. The van der Waals surface area contributed by atoms with E-state index in [1.807, 2.05) is 58.2 Å². The molecule has 7 nitrogen and oxygen atoms in total. The maximum Gasteiger partial charge on any atom is 0.333 e. The number of rotatable bonds is 8. The number of carbonyl (C=O) groups excluding carboxylic acids is 1. The van der Waals surface area contributed by atoms with Gasteiger partial charge in [0.1, 0.15) is 10.7 Å². The fraction of sp³-hybridized carbons (Fsp3) is 0.500. The molecule has 2 aromatic rings. The Hall–Kier alpha value is -2.39. The van der Waals surface area contributed by atoms with Gasteiger partial charge >= 0.3 is 6.03 Å². The van der Waals surface area contributed by atoms with Gasteiger partial charge in [-0.3, -0.25) is 0 Å². The molecular weight excluding hydrogens is 419 g/mol. The van der Waals surface area contributed by atoms with Crippen molar-refractivity contribution in [2.75, 3.05) is 19.4 Å². The van der Waals surface area contributed by atoms with Crippen LogP contribution in [0.2, 0.25) is 0 Å². The van der Waals surface area contributed by atoms with E-state index in [2.05, 4.69) is 10.0 Å². The van der Waals surface area contributed by atoms with Gasteiger partial charge in [0.2, 0.25) is 0 Å². The number of aryl methyl sites for hydroxylation is 1. The van der Waals surface area contributed by atoms with Gasteiger partial charge in [-0.05, 0) is 62.2 Å². The molecule has 2 N–H and O–H groups in total. The fourth-order valence-corrected chi connectivity index (χ4v) is 4.42. The van der Waals surface area contributed by atoms with Crippen molar-refractivity contribution in [3.05, 3.63) is 47.0 Å². The molecule has 0 spiro atoms. The molecule has 0 unspecified atom stereocenters. The lowest BCUT2D eigenvalue weighted by atomic mass is 9.92. The van der Waals surface area contributed by atoms with E-state index >= 15 is 0 Å². The van der Waals surface area contributed by atoms with Gasteiger partial charge in [0, 0.05) is 30.7 Å². The number of urea groups is 1. The van der Waals surface area contributed by atoms with Crippen LogP contribution in [0.25, 0.3) is 0 Å². The second-order valence-corrected chi connectivity index (χ2v) is 10.2. The summed E-state index contributed by atoms with van der Waals surface area (Å²) in [6.45, 7) is 10.6. The smallest absolute Gasteiger partial charge is 0.333 e. The highest BCUT2D eigenvalue weighted by molar-refractivity contribution is 7.90. The summed E-state index contributed by atoms with van der Waals surface area (Å²) in [7, 11) is -0.283. The summed E-state index contributed by atoms with van der Waals surface area (Å²) in [5.41, 5.74) is 2.50. The van der Waals surface area contributed by atoms with Gasteiger partial charge < -0.3 is 14.8 Å². The van der Waals surface area contributed by atoms with Crippen molar-refractivity contribution in [2.45, 2.75) is 64.4 Å². The number of hydrogen-bond acceptors (Lipinski definition) is 4. The summed E-state index contributed by atoms with van der Waals surface area (Å²) < 4.78 is 43.7. The fourth-order valence-electron chi connectivity index (χ4n) is 3.45. The summed E-state index contributed by atoms with van der Waals surface area (Å²) in [5, 5.41) is 2.65. The first kappa shape index (κ1) is 24.9. The molecule has 2 rings (SSSR count). The largest absolute Gasteiger partial charge is 0.349 e. The highest BCUT2D eigenvalue weighted by Gasteiger charge is 2.23. The van der Waals surface area contributed by atoms with Crippen molar-refractivity contribution in [2.24, 2.45) is 0 Å². The first-order chi connectivity index (χ1) is 14.4. The molecule has 0 bridgehead atoms. The highest BCUT2D eigenvalue weighted by atomic mass is 32.2. The van der Waals surface area contributed by atoms with E-state index < -0.39 is 16.1 Å². The number of anilines is 1. The molecule has 2 amide bonds. The van der Waals surface area contributed by atoms with Crippen LogP contribution in [0.1, 0.15) is 63.3 Å². The second kappa shape index (κ2) is 9.82. The molecule has 0 atom stereocenters. The average Bonchev–Trinajstić information content (AvgIpc) is 3.05. The van der Waals surface area contributed by atoms with Crippen LogP contribution in [-0.2, 0) is 23.1 Å². The van der Waals surface area contributed by atoms with E-state index in [0.717, 1.165) is 5.69 Å². The Morgan fingerprint density at radius 3 is 2.10 bits per heavy atom. The van der Waals surface area contributed by atoms with Crippen LogP contribution < -0.4 is 10.0 Å². The molecule has 0 aliphatic carbocycles. The van der Waals surface area contributed by atoms with Crippen LogP contribution in [-0.4, -0.2) is 38.0 Å². The van der Waals surface area contributed by atoms with E-state index in [0.29, 0.717) is 29.9 Å². The van der Waals surface area contributed by atoms with Gasteiger partial charge in [0.25, 0.3) is 10.0 Å². The quantitative estimate of drug-likeness (QED) is 0.619. The predicted molar refractivity (Wildman–Crippen MR) is 121 cm³/mol. The van der Waals surface area contributed by atoms with E-state index in [-0.39, 0.29) is 22.5 Å². The van der Waals surface area contributed by atoms with Gasteiger partial charge in [0.05, 0.1) is 0 Å². The minimum atomic E-state index is -4.08. The number of sulfonamides is 1. The van der Waals surface area contributed by atoms with Crippen LogP contribution in [0.3, 0.4) is 0 Å². The molecule has 0 radical (unpaired) electrons. The Bertz CT molecular complexity index is 1010. The molecule has 0 aliphatic heterocycles. The molecule has 1 aromatic heterocycles. The normalized spacial score (nSPS) is 12.1. The first-order valence-electron chi connectivity index (χ1n) is 10.4. The topological polar surface area (TPSA) is 83.4 Å². The SMILES string of the molecule is CCn1cc(S(=O)(=O)NC(=O)Nc2c(C(C)C)cc(F)cc2C(C)C)cc1CN(C)C. The van der Waals surface area contributed by atoms with Gasteiger partial charge in [-0.15, -0.1) is 0 Å². The minimum Gasteiger partial charge on any atom is -0.349 e. The number of hydrogen-bond donors (Lipinski definition) is 2. The zero-order chi connectivity index (χ0) is 23.5. The van der Waals surface area contributed by atoms with Gasteiger partial charge in [0.15, 0.2) is 0 Å². The van der Waals surface area contributed by atoms with E-state index in [4.69, 9.17) is 0 Å². The molecule has 0 aliphatic rings. The van der Waals surface area contributed by atoms with Crippen molar-refractivity contribution in [1.82, 2.24) is 14.2 Å². The minimum absolute atomic E-state index is 0.0219. The lowest BCUT2D eigenvalue weighted by molar-refractivity contribution is 0.256. The Morgan fingerprint density at radius 2 is 1.65 bits per heavy atom. The van der Waals surface area contributed by atoms with Gasteiger partial charge in [-0.25, -0.2) is 22.3 Å². The van der Waals surface area contributed by atoms with Crippen molar-refractivity contribution in [3.8, 4) is 0 Å². The number of nitrogens with one attached hydrogen (secondary N) is 2. The number of halogens is 1. The molecule has 0 saturated carbocycles. The van der Waals surface area contributed by atoms with Crippen LogP contribution in [0, 0.1) is 5.82 Å². The third-order valence-electron chi connectivity index (χ3n) is 4.96. The third kappa shape index (κ3) is 6.07. The first-order valence-corrected chi connectivity index (χ1v) is 11.8.